The Morgan fingerprint density at radius 3 is 2.69 bits per heavy atom. The van der Waals surface area contributed by atoms with Crippen LogP contribution in [0.25, 0.3) is 0 Å². The number of pyridine rings is 1. The summed E-state index contributed by atoms with van der Waals surface area (Å²) in [7, 11) is 1.60. The molecule has 7 heteroatoms. The number of aromatic amines is 1. The number of carbonyl (C=O) groups is 1. The molecular weight excluding hydrogens is 332 g/mol. The maximum Gasteiger partial charge on any atom is 0.329 e. The third kappa shape index (κ3) is 2.42. The molecule has 1 aliphatic heterocycles. The van der Waals surface area contributed by atoms with E-state index in [-0.39, 0.29) is 11.2 Å². The molecule has 1 atom stereocenters. The number of aromatic nitrogens is 3. The number of fused-ring (bicyclic) bond motifs is 1. The first-order chi connectivity index (χ1) is 12.3. The van der Waals surface area contributed by atoms with E-state index >= 15 is 0 Å². The molecule has 2 aromatic rings. The van der Waals surface area contributed by atoms with Gasteiger partial charge in [0.15, 0.2) is 5.78 Å². The molecule has 2 aliphatic rings. The molecular formula is C19H20N4O3. The van der Waals surface area contributed by atoms with Crippen molar-refractivity contribution < 1.29 is 4.79 Å². The average Bonchev–Trinajstić information content (AvgIpc) is 2.57. The number of hydrogen-bond donors (Lipinski definition) is 2. The SMILES string of the molecule is Cn1c2c(c(=O)[nH]c1=O)C(c1cccnc1)C1=C(CC(C)(C)CC1=O)N2. The summed E-state index contributed by atoms with van der Waals surface area (Å²) >= 11 is 0. The third-order valence-corrected chi connectivity index (χ3v) is 5.14. The van der Waals surface area contributed by atoms with E-state index in [1.807, 2.05) is 19.9 Å². The van der Waals surface area contributed by atoms with Crippen molar-refractivity contribution in [3.8, 4) is 0 Å². The van der Waals surface area contributed by atoms with Crippen molar-refractivity contribution >= 4 is 11.6 Å². The Morgan fingerprint density at radius 2 is 2.00 bits per heavy atom. The number of hydrogen-bond acceptors (Lipinski definition) is 5. The number of Topliss-reactive ketones (excluding diaryl/α,β-unsaturated/α-hetero) is 1. The van der Waals surface area contributed by atoms with Crippen molar-refractivity contribution in [1.29, 1.82) is 0 Å². The van der Waals surface area contributed by atoms with Crippen molar-refractivity contribution in [2.24, 2.45) is 12.5 Å². The molecule has 0 bridgehead atoms. The number of H-pyrrole nitrogens is 1. The highest BCUT2D eigenvalue weighted by Crippen LogP contribution is 2.47. The maximum absolute atomic E-state index is 13.0. The lowest BCUT2D eigenvalue weighted by Gasteiger charge is -2.39. The molecule has 0 saturated heterocycles. The second-order valence-corrected chi connectivity index (χ2v) is 7.76. The van der Waals surface area contributed by atoms with Crippen LogP contribution in [0.1, 0.15) is 43.7 Å². The minimum Gasteiger partial charge on any atom is -0.344 e. The molecule has 0 spiro atoms. The van der Waals surface area contributed by atoms with Gasteiger partial charge in [-0.05, 0) is 23.5 Å². The van der Waals surface area contributed by atoms with Gasteiger partial charge < -0.3 is 5.32 Å². The Labute approximate surface area is 149 Å². The number of nitrogens with one attached hydrogen (secondary N) is 2. The molecule has 3 heterocycles. The number of rotatable bonds is 1. The first-order valence-electron chi connectivity index (χ1n) is 8.55. The summed E-state index contributed by atoms with van der Waals surface area (Å²) in [5, 5.41) is 3.22. The molecule has 0 amide bonds. The van der Waals surface area contributed by atoms with E-state index in [1.54, 1.807) is 25.5 Å². The Morgan fingerprint density at radius 1 is 1.23 bits per heavy atom. The van der Waals surface area contributed by atoms with Gasteiger partial charge in [-0.2, -0.15) is 0 Å². The maximum atomic E-state index is 13.0. The fourth-order valence-electron chi connectivity index (χ4n) is 4.01. The molecule has 0 saturated carbocycles. The number of nitrogens with zero attached hydrogens (tertiary/aromatic N) is 2. The van der Waals surface area contributed by atoms with Gasteiger partial charge in [0.1, 0.15) is 5.82 Å². The van der Waals surface area contributed by atoms with Crippen LogP contribution in [-0.2, 0) is 11.8 Å². The van der Waals surface area contributed by atoms with Gasteiger partial charge in [0, 0.05) is 43.1 Å². The van der Waals surface area contributed by atoms with Gasteiger partial charge >= 0.3 is 5.69 Å². The monoisotopic (exact) mass is 352 g/mol. The van der Waals surface area contributed by atoms with Crippen molar-refractivity contribution in [2.45, 2.75) is 32.6 Å². The largest absolute Gasteiger partial charge is 0.344 e. The van der Waals surface area contributed by atoms with Gasteiger partial charge in [-0.3, -0.25) is 24.1 Å². The molecule has 7 nitrogen and oxygen atoms in total. The van der Waals surface area contributed by atoms with Crippen LogP contribution in [0.5, 0.6) is 0 Å². The van der Waals surface area contributed by atoms with Crippen LogP contribution in [0.15, 0.2) is 45.4 Å². The highest BCUT2D eigenvalue weighted by atomic mass is 16.2. The zero-order valence-electron chi connectivity index (χ0n) is 14.9. The molecule has 4 rings (SSSR count). The highest BCUT2D eigenvalue weighted by molar-refractivity contribution is 6.01. The lowest BCUT2D eigenvalue weighted by Crippen LogP contribution is -2.41. The lowest BCUT2D eigenvalue weighted by atomic mass is 9.69. The van der Waals surface area contributed by atoms with Crippen LogP contribution in [0.4, 0.5) is 5.82 Å². The van der Waals surface area contributed by atoms with Crippen molar-refractivity contribution in [3.63, 3.8) is 0 Å². The van der Waals surface area contributed by atoms with Crippen LogP contribution >= 0.6 is 0 Å². The van der Waals surface area contributed by atoms with Gasteiger partial charge in [0.2, 0.25) is 0 Å². The summed E-state index contributed by atoms with van der Waals surface area (Å²) in [5.41, 5.74) is 1.39. The predicted molar refractivity (Wildman–Crippen MR) is 97.1 cm³/mol. The standard InChI is InChI=1S/C19H20N4O3/c1-19(2)7-11-14(12(24)8-19)13(10-5-4-6-20-9-10)15-16(21-11)23(3)18(26)22-17(15)25/h4-6,9,13,21H,7-8H2,1-3H3,(H,22,25,26). The van der Waals surface area contributed by atoms with Gasteiger partial charge in [-0.25, -0.2) is 4.79 Å². The summed E-state index contributed by atoms with van der Waals surface area (Å²) in [6.07, 6.45) is 4.41. The fourth-order valence-corrected chi connectivity index (χ4v) is 4.01. The number of carbonyl (C=O) groups excluding carboxylic acids is 1. The zero-order valence-corrected chi connectivity index (χ0v) is 14.9. The number of ketones is 1. The Balaban J connectivity index is 2.05. The van der Waals surface area contributed by atoms with Crippen LogP contribution in [0, 0.1) is 5.41 Å². The van der Waals surface area contributed by atoms with E-state index in [2.05, 4.69) is 15.3 Å². The minimum absolute atomic E-state index is 0.0245. The Kier molecular flexibility index (Phi) is 3.50. The number of anilines is 1. The second kappa shape index (κ2) is 5.52. The Hall–Kier alpha value is -2.96. The second-order valence-electron chi connectivity index (χ2n) is 7.76. The molecule has 1 aliphatic carbocycles. The van der Waals surface area contributed by atoms with Crippen LogP contribution in [0.2, 0.25) is 0 Å². The van der Waals surface area contributed by atoms with Crippen LogP contribution < -0.4 is 16.6 Å². The third-order valence-electron chi connectivity index (χ3n) is 5.14. The van der Waals surface area contributed by atoms with E-state index in [4.69, 9.17) is 0 Å². The van der Waals surface area contributed by atoms with Gasteiger partial charge in [-0.15, -0.1) is 0 Å². The van der Waals surface area contributed by atoms with Crippen molar-refractivity contribution in [2.75, 3.05) is 5.32 Å². The number of allylic oxidation sites excluding steroid dienone is 2. The van der Waals surface area contributed by atoms with E-state index in [1.165, 1.54) is 4.57 Å². The van der Waals surface area contributed by atoms with E-state index in [0.29, 0.717) is 29.8 Å². The smallest absolute Gasteiger partial charge is 0.329 e. The Bertz CT molecular complexity index is 1060. The summed E-state index contributed by atoms with van der Waals surface area (Å²) in [6, 6.07) is 3.64. The van der Waals surface area contributed by atoms with Crippen LogP contribution in [0.3, 0.4) is 0 Å². The molecule has 2 N–H and O–H groups in total. The summed E-state index contributed by atoms with van der Waals surface area (Å²) in [4.78, 5) is 44.3. The summed E-state index contributed by atoms with van der Waals surface area (Å²) in [6.45, 7) is 4.09. The molecule has 26 heavy (non-hydrogen) atoms. The quantitative estimate of drug-likeness (QED) is 0.814. The molecule has 0 aromatic carbocycles. The van der Waals surface area contributed by atoms with Crippen LogP contribution in [-0.4, -0.2) is 20.3 Å². The average molecular weight is 352 g/mol. The first kappa shape index (κ1) is 16.5. The summed E-state index contributed by atoms with van der Waals surface area (Å²) in [5.74, 6) is -0.0672. The normalized spacial score (nSPS) is 21.0. The highest BCUT2D eigenvalue weighted by Gasteiger charge is 2.42. The molecule has 1 unspecified atom stereocenters. The van der Waals surface area contributed by atoms with Gasteiger partial charge in [0.05, 0.1) is 5.56 Å². The van der Waals surface area contributed by atoms with Gasteiger partial charge in [-0.1, -0.05) is 19.9 Å². The zero-order chi connectivity index (χ0) is 18.6. The minimum atomic E-state index is -0.533. The fraction of sp³-hybridized carbons (Fsp3) is 0.368. The summed E-state index contributed by atoms with van der Waals surface area (Å²) < 4.78 is 1.38. The van der Waals surface area contributed by atoms with Crippen molar-refractivity contribution in [1.82, 2.24) is 14.5 Å². The van der Waals surface area contributed by atoms with Crippen molar-refractivity contribution in [3.05, 3.63) is 67.8 Å². The topological polar surface area (TPSA) is 96.8 Å². The molecule has 2 aromatic heterocycles. The molecule has 0 fully saturated rings. The first-order valence-corrected chi connectivity index (χ1v) is 8.55. The predicted octanol–water partition coefficient (Wildman–Crippen LogP) is 1.67. The lowest BCUT2D eigenvalue weighted by molar-refractivity contribution is -0.118. The molecule has 134 valence electrons. The van der Waals surface area contributed by atoms with E-state index in [9.17, 15) is 14.4 Å². The molecule has 0 radical (unpaired) electrons. The van der Waals surface area contributed by atoms with Gasteiger partial charge in [0.25, 0.3) is 5.56 Å². The van der Waals surface area contributed by atoms with E-state index in [0.717, 1.165) is 11.3 Å². The van der Waals surface area contributed by atoms with E-state index < -0.39 is 17.2 Å².